The van der Waals surface area contributed by atoms with E-state index in [0.717, 1.165) is 13.0 Å². The number of amides is 1. The van der Waals surface area contributed by atoms with E-state index < -0.39 is 12.2 Å². The van der Waals surface area contributed by atoms with E-state index in [0.29, 0.717) is 29.7 Å². The van der Waals surface area contributed by atoms with Crippen molar-refractivity contribution in [1.29, 1.82) is 0 Å². The molecule has 1 aromatic carbocycles. The molecule has 2 heterocycles. The van der Waals surface area contributed by atoms with Gasteiger partial charge in [-0.3, -0.25) is 4.79 Å². The van der Waals surface area contributed by atoms with Crippen molar-refractivity contribution in [2.45, 2.75) is 32.2 Å². The Hall–Kier alpha value is -2.31. The number of anilines is 1. The van der Waals surface area contributed by atoms with Gasteiger partial charge in [-0.25, -0.2) is 18.7 Å². The van der Waals surface area contributed by atoms with E-state index in [1.165, 1.54) is 0 Å². The lowest BCUT2D eigenvalue weighted by atomic mass is 10.2. The van der Waals surface area contributed by atoms with E-state index in [9.17, 15) is 13.6 Å². The number of likely N-dealkylation sites (tertiary alicyclic amines) is 1. The van der Waals surface area contributed by atoms with Gasteiger partial charge in [-0.1, -0.05) is 12.1 Å². The van der Waals surface area contributed by atoms with Gasteiger partial charge in [-0.15, -0.1) is 0 Å². The van der Waals surface area contributed by atoms with Crippen LogP contribution in [0.5, 0.6) is 0 Å². The number of para-hydroxylation sites is 1. The average Bonchev–Trinajstić information content (AvgIpc) is 2.92. The topological polar surface area (TPSA) is 58.1 Å². The maximum atomic E-state index is 13.0. The van der Waals surface area contributed by atoms with Crippen molar-refractivity contribution in [3.05, 3.63) is 30.1 Å². The maximum absolute atomic E-state index is 13.0. The number of rotatable bonds is 5. The molecule has 1 fully saturated rings. The molecule has 0 radical (unpaired) electrons. The van der Waals surface area contributed by atoms with Gasteiger partial charge in [0.15, 0.2) is 5.82 Å². The number of carbonyl (C=O) groups is 1. The minimum atomic E-state index is -2.73. The lowest BCUT2D eigenvalue weighted by Crippen LogP contribution is -2.36. The second kappa shape index (κ2) is 6.44. The monoisotopic (exact) mass is 320 g/mol. The van der Waals surface area contributed by atoms with Gasteiger partial charge >= 0.3 is 0 Å². The maximum Gasteiger partial charge on any atom is 0.297 e. The number of alkyl halides is 2. The number of nitrogens with zero attached hydrogens (tertiary/aromatic N) is 3. The van der Waals surface area contributed by atoms with Crippen molar-refractivity contribution in [3.63, 3.8) is 0 Å². The number of halogens is 2. The minimum absolute atomic E-state index is 0.0964. The molecule has 1 aromatic heterocycles. The molecular weight excluding hydrogens is 302 g/mol. The number of fused-ring (bicyclic) bond motifs is 1. The molecule has 23 heavy (non-hydrogen) atoms. The minimum Gasteiger partial charge on any atom is -0.365 e. The Labute approximate surface area is 132 Å². The van der Waals surface area contributed by atoms with Crippen molar-refractivity contribution in [2.75, 3.05) is 18.4 Å². The van der Waals surface area contributed by atoms with Crippen LogP contribution in [0.1, 0.15) is 32.0 Å². The highest BCUT2D eigenvalue weighted by molar-refractivity contribution is 5.89. The van der Waals surface area contributed by atoms with Crippen LogP contribution in [-0.2, 0) is 4.79 Å². The fourth-order valence-corrected chi connectivity index (χ4v) is 2.81. The predicted octanol–water partition coefficient (Wildman–Crippen LogP) is 2.99. The molecule has 5 nitrogen and oxygen atoms in total. The third-order valence-electron chi connectivity index (χ3n) is 3.86. The van der Waals surface area contributed by atoms with Gasteiger partial charge in [0, 0.05) is 30.9 Å². The van der Waals surface area contributed by atoms with E-state index in [-0.39, 0.29) is 11.9 Å². The molecule has 1 N–H and O–H groups in total. The smallest absolute Gasteiger partial charge is 0.297 e. The van der Waals surface area contributed by atoms with Crippen LogP contribution in [0.15, 0.2) is 24.3 Å². The van der Waals surface area contributed by atoms with Crippen LogP contribution in [0, 0.1) is 0 Å². The van der Waals surface area contributed by atoms with Crippen molar-refractivity contribution in [1.82, 2.24) is 14.9 Å². The molecule has 1 aliphatic rings. The van der Waals surface area contributed by atoms with Crippen LogP contribution < -0.4 is 5.32 Å². The number of hydrogen-bond donors (Lipinski definition) is 1. The normalized spacial score (nSPS) is 16.3. The summed E-state index contributed by atoms with van der Waals surface area (Å²) in [4.78, 5) is 21.3. The first-order valence-corrected chi connectivity index (χ1v) is 7.63. The summed E-state index contributed by atoms with van der Waals surface area (Å²) in [6.45, 7) is 3.18. The highest BCUT2D eigenvalue weighted by Crippen LogP contribution is 2.25. The summed E-state index contributed by atoms with van der Waals surface area (Å²) >= 11 is 0. The van der Waals surface area contributed by atoms with Crippen molar-refractivity contribution in [3.8, 4) is 0 Å². The summed E-state index contributed by atoms with van der Waals surface area (Å²) in [5, 5.41) is 3.84. The first-order chi connectivity index (χ1) is 11.0. The average molecular weight is 320 g/mol. The van der Waals surface area contributed by atoms with Gasteiger partial charge in [0.25, 0.3) is 6.43 Å². The van der Waals surface area contributed by atoms with E-state index in [2.05, 4.69) is 15.3 Å². The zero-order valence-corrected chi connectivity index (χ0v) is 12.8. The van der Waals surface area contributed by atoms with Crippen LogP contribution >= 0.6 is 0 Å². The first kappa shape index (κ1) is 15.6. The molecular formula is C16H18F2N4O. The molecule has 1 amide bonds. The fourth-order valence-electron chi connectivity index (χ4n) is 2.81. The molecule has 1 unspecified atom stereocenters. The zero-order chi connectivity index (χ0) is 16.4. The Morgan fingerprint density at radius 1 is 1.30 bits per heavy atom. The number of nitrogens with one attached hydrogen (secondary N) is 1. The fraction of sp³-hybridized carbons (Fsp3) is 0.438. The van der Waals surface area contributed by atoms with Gasteiger partial charge in [-0.2, -0.15) is 0 Å². The molecule has 0 aliphatic carbocycles. The third-order valence-corrected chi connectivity index (χ3v) is 3.86. The molecule has 0 bridgehead atoms. The zero-order valence-electron chi connectivity index (χ0n) is 12.8. The van der Waals surface area contributed by atoms with Crippen molar-refractivity contribution >= 4 is 22.6 Å². The predicted molar refractivity (Wildman–Crippen MR) is 83.4 cm³/mol. The number of hydrogen-bond acceptors (Lipinski definition) is 4. The van der Waals surface area contributed by atoms with Gasteiger partial charge in [0.2, 0.25) is 5.91 Å². The van der Waals surface area contributed by atoms with E-state index in [4.69, 9.17) is 0 Å². The molecule has 0 spiro atoms. The molecule has 122 valence electrons. The number of carbonyl (C=O) groups excluding carboxylic acids is 1. The van der Waals surface area contributed by atoms with Crippen molar-refractivity contribution < 1.29 is 13.6 Å². The van der Waals surface area contributed by atoms with Crippen LogP contribution in [0.2, 0.25) is 0 Å². The van der Waals surface area contributed by atoms with Gasteiger partial charge in [0.1, 0.15) is 5.82 Å². The van der Waals surface area contributed by atoms with Gasteiger partial charge in [-0.05, 0) is 25.5 Å². The summed E-state index contributed by atoms with van der Waals surface area (Å²) in [6.07, 6.45) is -1.27. The third kappa shape index (κ3) is 3.38. The van der Waals surface area contributed by atoms with Crippen LogP contribution in [-0.4, -0.2) is 39.9 Å². The summed E-state index contributed by atoms with van der Waals surface area (Å²) in [5.41, 5.74) is 0.477. The SMILES string of the molecule is CC(CN1CCCC1=O)Nc1nc(C(F)F)nc2ccccc12. The highest BCUT2D eigenvalue weighted by Gasteiger charge is 2.22. The summed E-state index contributed by atoms with van der Waals surface area (Å²) < 4.78 is 26.0. The lowest BCUT2D eigenvalue weighted by Gasteiger charge is -2.22. The van der Waals surface area contributed by atoms with Crippen molar-refractivity contribution in [2.24, 2.45) is 0 Å². The Morgan fingerprint density at radius 2 is 2.09 bits per heavy atom. The van der Waals surface area contributed by atoms with E-state index in [1.54, 1.807) is 23.1 Å². The molecule has 2 aromatic rings. The van der Waals surface area contributed by atoms with E-state index >= 15 is 0 Å². The molecule has 1 saturated heterocycles. The largest absolute Gasteiger partial charge is 0.365 e. The van der Waals surface area contributed by atoms with Crippen LogP contribution in [0.4, 0.5) is 14.6 Å². The summed E-state index contributed by atoms with van der Waals surface area (Å²) in [6, 6.07) is 6.94. The lowest BCUT2D eigenvalue weighted by molar-refractivity contribution is -0.127. The van der Waals surface area contributed by atoms with Crippen LogP contribution in [0.25, 0.3) is 10.9 Å². The second-order valence-electron chi connectivity index (χ2n) is 5.74. The molecule has 1 atom stereocenters. The summed E-state index contributed by atoms with van der Waals surface area (Å²) in [7, 11) is 0. The van der Waals surface area contributed by atoms with Gasteiger partial charge in [0.05, 0.1) is 5.52 Å². The Morgan fingerprint density at radius 3 is 2.78 bits per heavy atom. The Balaban J connectivity index is 1.84. The van der Waals surface area contributed by atoms with Gasteiger partial charge < -0.3 is 10.2 Å². The number of aromatic nitrogens is 2. The number of benzene rings is 1. The standard InChI is InChI=1S/C16H18F2N4O/c1-10(9-22-8-4-7-13(22)23)19-15-11-5-2-3-6-12(11)20-16(21-15)14(17)18/h2-3,5-6,10,14H,4,7-9H2,1H3,(H,19,20,21). The molecule has 7 heteroatoms. The van der Waals surface area contributed by atoms with Crippen LogP contribution in [0.3, 0.4) is 0 Å². The Kier molecular flexibility index (Phi) is 4.36. The molecule has 0 saturated carbocycles. The Bertz CT molecular complexity index is 722. The molecule has 1 aliphatic heterocycles. The highest BCUT2D eigenvalue weighted by atomic mass is 19.3. The first-order valence-electron chi connectivity index (χ1n) is 7.63. The van der Waals surface area contributed by atoms with E-state index in [1.807, 2.05) is 13.0 Å². The quantitative estimate of drug-likeness (QED) is 0.920. The molecule has 3 rings (SSSR count). The second-order valence-corrected chi connectivity index (χ2v) is 5.74. The summed E-state index contributed by atoms with van der Waals surface area (Å²) in [5.74, 6) is 0.0279.